The zero-order chi connectivity index (χ0) is 19.3. The van der Waals surface area contributed by atoms with E-state index in [0.717, 1.165) is 22.7 Å². The van der Waals surface area contributed by atoms with Crippen LogP contribution in [0.3, 0.4) is 0 Å². The van der Waals surface area contributed by atoms with Gasteiger partial charge < -0.3 is 0 Å². The van der Waals surface area contributed by atoms with Gasteiger partial charge in [0.15, 0.2) is 0 Å². The van der Waals surface area contributed by atoms with Gasteiger partial charge >= 0.3 is 0 Å². The summed E-state index contributed by atoms with van der Waals surface area (Å²) in [6.07, 6.45) is 0. The summed E-state index contributed by atoms with van der Waals surface area (Å²) in [6, 6.07) is 38.8. The molecule has 0 atom stereocenters. The first-order valence-corrected chi connectivity index (χ1v) is 8.94. The topological polar surface area (TPSA) is 49.4 Å². The normalized spacial score (nSPS) is 9.87. The molecule has 0 aliphatic carbocycles. The first-order valence-electron chi connectivity index (χ1n) is 8.94. The van der Waals surface area contributed by atoms with Crippen LogP contribution in [0.4, 0.5) is 22.7 Å². The molecular formula is C24H20N4UV. The standard InChI is InChI=1S/2C12H10N2.U.V/c2*1-3-7-11(8-4-1)13-14-12-9-5-2-6-10-12;;/h2*1-10H;;. The molecule has 1 radical (unpaired) electrons. The third kappa shape index (κ3) is 9.96. The molecule has 4 rings (SSSR count). The molecule has 0 amide bonds. The van der Waals surface area contributed by atoms with E-state index in [2.05, 4.69) is 20.5 Å². The Hall–Kier alpha value is -2.28. The van der Waals surface area contributed by atoms with Crippen LogP contribution in [-0.2, 0) is 18.6 Å². The summed E-state index contributed by atoms with van der Waals surface area (Å²) in [4.78, 5) is 0. The van der Waals surface area contributed by atoms with Crippen LogP contribution in [0.1, 0.15) is 0 Å². The van der Waals surface area contributed by atoms with E-state index in [9.17, 15) is 0 Å². The van der Waals surface area contributed by atoms with Crippen LogP contribution in [0.2, 0.25) is 0 Å². The molecule has 145 valence electrons. The van der Waals surface area contributed by atoms with E-state index in [4.69, 9.17) is 0 Å². The molecule has 0 N–H and O–H groups in total. The zero-order valence-electron chi connectivity index (χ0n) is 16.3. The minimum absolute atomic E-state index is 0. The number of nitrogens with zero attached hydrogens (tertiary/aromatic N) is 4. The van der Waals surface area contributed by atoms with Crippen LogP contribution in [0.25, 0.3) is 0 Å². The van der Waals surface area contributed by atoms with E-state index < -0.39 is 0 Å². The van der Waals surface area contributed by atoms with Gasteiger partial charge in [0.2, 0.25) is 0 Å². The van der Waals surface area contributed by atoms with Gasteiger partial charge in [0, 0.05) is 49.7 Å². The van der Waals surface area contributed by atoms with Crippen LogP contribution in [-0.4, -0.2) is 0 Å². The fourth-order valence-electron chi connectivity index (χ4n) is 2.21. The van der Waals surface area contributed by atoms with Gasteiger partial charge in [-0.1, -0.05) is 72.8 Å². The smallest absolute Gasteiger partial charge is 0.0857 e. The van der Waals surface area contributed by atoms with Crippen LogP contribution in [0.15, 0.2) is 142 Å². The van der Waals surface area contributed by atoms with Gasteiger partial charge in [0.25, 0.3) is 0 Å². The fourth-order valence-corrected chi connectivity index (χ4v) is 2.21. The van der Waals surface area contributed by atoms with Gasteiger partial charge in [0.1, 0.15) is 0 Å². The van der Waals surface area contributed by atoms with Crippen molar-refractivity contribution in [1.29, 1.82) is 0 Å². The van der Waals surface area contributed by atoms with Gasteiger partial charge in [-0.3, -0.25) is 0 Å². The molecule has 0 aliphatic rings. The molecular weight excluding hydrogens is 633 g/mol. The van der Waals surface area contributed by atoms with Crippen LogP contribution < -0.4 is 0 Å². The van der Waals surface area contributed by atoms with Crippen molar-refractivity contribution in [2.75, 3.05) is 0 Å². The van der Waals surface area contributed by atoms with Crippen molar-refractivity contribution in [3.63, 3.8) is 0 Å². The number of rotatable bonds is 4. The molecule has 0 spiro atoms. The van der Waals surface area contributed by atoms with E-state index in [0.29, 0.717) is 0 Å². The Bertz CT molecular complexity index is 828. The van der Waals surface area contributed by atoms with E-state index >= 15 is 0 Å². The Morgan fingerprint density at radius 2 is 0.467 bits per heavy atom. The van der Waals surface area contributed by atoms with Crippen LogP contribution >= 0.6 is 0 Å². The summed E-state index contributed by atoms with van der Waals surface area (Å²) in [7, 11) is 0. The molecule has 0 heterocycles. The predicted octanol–water partition coefficient (Wildman–Crippen LogP) is 8.20. The minimum atomic E-state index is 0. The van der Waals surface area contributed by atoms with E-state index in [1.165, 1.54) is 0 Å². The quantitative estimate of drug-likeness (QED) is 0.200. The third-order valence-electron chi connectivity index (χ3n) is 3.59. The van der Waals surface area contributed by atoms with Crippen molar-refractivity contribution in [1.82, 2.24) is 0 Å². The molecule has 0 fully saturated rings. The molecule has 4 aromatic rings. The van der Waals surface area contributed by atoms with Gasteiger partial charge in [-0.05, 0) is 48.5 Å². The molecule has 0 bridgehead atoms. The van der Waals surface area contributed by atoms with E-state index in [1.54, 1.807) is 0 Å². The molecule has 0 unspecified atom stereocenters. The molecule has 6 heteroatoms. The van der Waals surface area contributed by atoms with Crippen molar-refractivity contribution in [2.45, 2.75) is 0 Å². The van der Waals surface area contributed by atoms with Gasteiger partial charge in [-0.25, -0.2) is 0 Å². The number of azo groups is 2. The van der Waals surface area contributed by atoms with Crippen molar-refractivity contribution in [3.05, 3.63) is 121 Å². The molecule has 0 saturated heterocycles. The Morgan fingerprint density at radius 3 is 0.633 bits per heavy atom. The second-order valence-electron chi connectivity index (χ2n) is 5.74. The summed E-state index contributed by atoms with van der Waals surface area (Å²) in [5.74, 6) is 0. The first-order chi connectivity index (χ1) is 13.9. The van der Waals surface area contributed by atoms with Crippen LogP contribution in [0, 0.1) is 31.1 Å². The maximum atomic E-state index is 4.10. The van der Waals surface area contributed by atoms with Crippen molar-refractivity contribution < 1.29 is 49.7 Å². The second kappa shape index (κ2) is 15.5. The Balaban J connectivity index is 0.000000281. The minimum Gasteiger partial charge on any atom is -0.151 e. The molecule has 0 saturated carbocycles. The summed E-state index contributed by atoms with van der Waals surface area (Å²) < 4.78 is 0. The summed E-state index contributed by atoms with van der Waals surface area (Å²) in [6.45, 7) is 0. The van der Waals surface area contributed by atoms with Crippen molar-refractivity contribution in [2.24, 2.45) is 20.5 Å². The Morgan fingerprint density at radius 1 is 0.300 bits per heavy atom. The maximum Gasteiger partial charge on any atom is 0.0857 e. The SMILES string of the molecule is [U].[V].c1ccc(N=Nc2ccccc2)cc1.c1ccc(N=Nc2ccccc2)cc1. The monoisotopic (exact) mass is 653 g/mol. The molecule has 4 aromatic carbocycles. The predicted molar refractivity (Wildman–Crippen MR) is 114 cm³/mol. The Kier molecular flexibility index (Phi) is 13.3. The molecule has 0 aromatic heterocycles. The second-order valence-corrected chi connectivity index (χ2v) is 5.74. The van der Waals surface area contributed by atoms with E-state index in [-0.39, 0.29) is 49.7 Å². The molecule has 0 aliphatic heterocycles. The fraction of sp³-hybridized carbons (Fsp3) is 0. The third-order valence-corrected chi connectivity index (χ3v) is 3.59. The average molecular weight is 653 g/mol. The number of hydrogen-bond acceptors (Lipinski definition) is 4. The number of hydrogen-bond donors (Lipinski definition) is 0. The van der Waals surface area contributed by atoms with Crippen molar-refractivity contribution >= 4 is 22.7 Å². The molecule has 4 nitrogen and oxygen atoms in total. The van der Waals surface area contributed by atoms with Crippen molar-refractivity contribution in [3.8, 4) is 0 Å². The summed E-state index contributed by atoms with van der Waals surface area (Å²) >= 11 is 0. The summed E-state index contributed by atoms with van der Waals surface area (Å²) in [5, 5.41) is 16.4. The number of benzene rings is 4. The zero-order valence-corrected chi connectivity index (χ0v) is 21.8. The largest absolute Gasteiger partial charge is 0.151 e. The van der Waals surface area contributed by atoms with Gasteiger partial charge in [-0.15, -0.1) is 0 Å². The summed E-state index contributed by atoms with van der Waals surface area (Å²) in [5.41, 5.74) is 3.49. The van der Waals surface area contributed by atoms with Gasteiger partial charge in [-0.2, -0.15) is 20.5 Å². The average Bonchev–Trinajstić information content (AvgIpc) is 2.80. The first kappa shape index (κ1) is 25.8. The van der Waals surface area contributed by atoms with Gasteiger partial charge in [0.05, 0.1) is 22.7 Å². The molecule has 30 heavy (non-hydrogen) atoms. The van der Waals surface area contributed by atoms with Crippen LogP contribution in [0.5, 0.6) is 0 Å². The maximum absolute atomic E-state index is 4.10. The van der Waals surface area contributed by atoms with E-state index in [1.807, 2.05) is 121 Å². The Labute approximate surface area is 212 Å².